The Morgan fingerprint density at radius 3 is 1.29 bits per heavy atom. The summed E-state index contributed by atoms with van der Waals surface area (Å²) in [4.78, 5) is 73.9. The molecule has 0 aliphatic carbocycles. The maximum atomic E-state index is 14.4. The SMILES string of the molecule is CCCCNN.CCCCn1nc(C)c(C#N)c1N.CCCCn1nc(C)c(C#N)c1NC(=O)c1ccccc1F.CCCCn1nc(C)c2c(=O)[nH]c(-c3ccccc3F)nc21.CCCCn1nc(C)c2c(Cl)nc(-c3ccccc3F)nc21.CCCCn1nc(C)c2c(Nc3ccncc3)nc(-c3ccccc3F)nc21.CCO.Nc1ccncc1.O=C(Cl)c1ccccc1F.O=P(Cl)(Cl)Cl.OO.[2HH].[C-]#[N+]C([N+]#[C-])=C(C)OCC. The molecule has 0 aliphatic rings. The van der Waals surface area contributed by atoms with Gasteiger partial charge in [0.25, 0.3) is 16.7 Å². The summed E-state index contributed by atoms with van der Waals surface area (Å²) >= 11 is 25.2. The van der Waals surface area contributed by atoms with Crippen molar-refractivity contribution in [2.24, 2.45) is 5.84 Å². The van der Waals surface area contributed by atoms with Gasteiger partial charge in [-0.3, -0.25) is 50.7 Å². The van der Waals surface area contributed by atoms with Crippen LogP contribution < -0.4 is 38.9 Å². The van der Waals surface area contributed by atoms with Gasteiger partial charge in [-0.25, -0.2) is 70.3 Å². The quantitative estimate of drug-likeness (QED) is 0.00208. The second-order valence-corrected chi connectivity index (χ2v) is 38.9. The number of anilines is 5. The van der Waals surface area contributed by atoms with E-state index in [1.165, 1.54) is 67.4 Å². The van der Waals surface area contributed by atoms with E-state index in [4.69, 9.17) is 79.3 Å². The van der Waals surface area contributed by atoms with E-state index >= 15 is 0 Å². The zero-order chi connectivity index (χ0) is 112. The molecule has 800 valence electrons. The van der Waals surface area contributed by atoms with Crippen LogP contribution in [0.15, 0.2) is 187 Å². The molecule has 10 aromatic heterocycles. The molecule has 150 heavy (non-hydrogen) atoms. The van der Waals surface area contributed by atoms with Gasteiger partial charge in [0.2, 0.25) is 0 Å². The number of hydrazine groups is 1. The summed E-state index contributed by atoms with van der Waals surface area (Å²) < 4.78 is 91.7. The number of H-pyrrole nitrogens is 1. The van der Waals surface area contributed by atoms with Crippen molar-refractivity contribution in [1.29, 1.82) is 10.5 Å². The smallest absolute Gasteiger partial charge is 0.502 e. The van der Waals surface area contributed by atoms with Gasteiger partial charge in [0.05, 0.1) is 73.7 Å². The molecule has 0 bridgehead atoms. The van der Waals surface area contributed by atoms with E-state index in [2.05, 4.69) is 166 Å². The van der Waals surface area contributed by atoms with Crippen molar-refractivity contribution in [1.82, 2.24) is 94.2 Å². The Kier molecular flexibility index (Phi) is 58.6. The summed E-state index contributed by atoms with van der Waals surface area (Å²) in [6, 6.07) is 41.8. The number of allylic oxidation sites excluding steroid dienone is 1. The highest BCUT2D eigenvalue weighted by molar-refractivity contribution is 8.24. The van der Waals surface area contributed by atoms with Gasteiger partial charge in [-0.05, 0) is 224 Å². The standard InChI is InChI=1S/C21H21FN6.C16H16ClFN4.2C16H17FN4O.C9H14N4.C7H4ClFO.C7H8N2O.C5H6N2.C4H12N2.C2H6O.Cl3OP.H2O2.H2/c1-3-4-13-28-21-18(14(2)27-28)20(24-15-9-11-23-12-10-15)25-19(26-21)16-7-5-6-8-17(16)22;1-3-4-9-22-16-13(10(2)21-22)14(17)19-15(20-16)11-7-5-6-8-12(11)18;1-3-4-9-21-15-13(10(2)20-21)16(22)19-14(18-15)11-7-5-6-8-12(11)17;1-3-4-9-21-15(13(10-18)11(2)20-21)19-16(22)12-7-5-6-8-14(12)17;1-3-4-5-13-9(11)8(6-10)7(2)12-13;8-7(10)5-3-1-2-4-6(5)9;1-5-10-6(2)7(8-3)9-4;6-5-1-3-7-4-2-5;1-2-3-4-6-5;1-2-3;1-5(2,3)4;1-2;/h5-12H,3-4,13H2,1-2H3,(H,23,24,25,26);5-8H,3-4,9H2,1-2H3;5-8H,3-4,9H2,1-2H3,(H,18,19,22);5-8H,3-4,9H2,1-2H3,(H,19,22);3-5,11H2,1-2H3;1-4H;5H2,1-2H3;1-4H,(H2,6,7);6H,2-5H2,1H3;3H,2H2,1H3;;1-2H;1H/i;;;;;;;;;;;;1+1. The molecule has 0 radical (unpaired) electrons. The number of hydrogen-bond acceptors (Lipinski definition) is 27. The van der Waals surface area contributed by atoms with Crippen LogP contribution in [0.2, 0.25) is 5.15 Å². The molecule has 0 saturated carbocycles. The highest BCUT2D eigenvalue weighted by Crippen LogP contribution is 2.61. The van der Waals surface area contributed by atoms with Crippen LogP contribution in [0, 0.1) is 99.5 Å². The van der Waals surface area contributed by atoms with Crippen LogP contribution >= 0.6 is 62.1 Å². The first kappa shape index (κ1) is 128. The summed E-state index contributed by atoms with van der Waals surface area (Å²) in [5, 5.41) is 63.9. The lowest BCUT2D eigenvalue weighted by molar-refractivity contribution is -0.176. The molecule has 0 spiro atoms. The number of carbonyl (C=O) groups excluding carboxylic acids is 2. The van der Waals surface area contributed by atoms with Gasteiger partial charge in [0.1, 0.15) is 99.3 Å². The van der Waals surface area contributed by atoms with Crippen LogP contribution in [-0.2, 0) is 42.0 Å². The zero-order valence-electron chi connectivity index (χ0n) is 85.5. The first-order valence-electron chi connectivity index (χ1n) is 47.3. The molecule has 15 rings (SSSR count). The van der Waals surface area contributed by atoms with Crippen molar-refractivity contribution in [3.05, 3.63) is 300 Å². The number of ether oxygens (including phenoxy) is 1. The number of aromatic nitrogens is 18. The lowest BCUT2D eigenvalue weighted by Gasteiger charge is -2.10. The van der Waals surface area contributed by atoms with E-state index in [9.17, 15) is 46.2 Å². The summed E-state index contributed by atoms with van der Waals surface area (Å²) in [7, 11) is 0. The molecule has 5 aromatic carbocycles. The molecule has 1 amide bonds. The molecule has 47 heteroatoms. The molecule has 0 saturated heterocycles. The van der Waals surface area contributed by atoms with Crippen molar-refractivity contribution in [2.75, 3.05) is 41.9 Å². The number of nitriles is 2. The van der Waals surface area contributed by atoms with Gasteiger partial charge >= 0.3 is 11.0 Å². The normalized spacial score (nSPS) is 10.2. The van der Waals surface area contributed by atoms with Crippen LogP contribution in [0.3, 0.4) is 0 Å². The van der Waals surface area contributed by atoms with Gasteiger partial charge in [-0.2, -0.15) is 45.7 Å². The lowest BCUT2D eigenvalue weighted by atomic mass is 10.2. The third kappa shape index (κ3) is 41.2. The highest BCUT2D eigenvalue weighted by Gasteiger charge is 2.25. The molecule has 0 atom stereocenters. The Labute approximate surface area is 893 Å². The van der Waals surface area contributed by atoms with Gasteiger partial charge in [0, 0.05) is 83.5 Å². The van der Waals surface area contributed by atoms with Crippen LogP contribution in [-0.4, -0.2) is 135 Å². The molecule has 0 unspecified atom stereocenters. The fourth-order valence-electron chi connectivity index (χ4n) is 13.1. The van der Waals surface area contributed by atoms with Crippen LogP contribution in [0.5, 0.6) is 0 Å². The number of nitrogen functional groups attached to an aromatic ring is 2. The maximum Gasteiger partial charge on any atom is 0.557 e. The topological polar surface area (TPSA) is 504 Å². The second kappa shape index (κ2) is 68.9. The van der Waals surface area contributed by atoms with Crippen molar-refractivity contribution < 1.29 is 57.9 Å². The average Bonchev–Trinajstić information content (AvgIpc) is 1.64. The number of benzene rings is 5. The zero-order valence-corrected chi connectivity index (χ0v) is 90.2. The number of nitrogens with zero attached hydrogens (tertiary/aromatic N) is 21. The number of hydrogen-bond donors (Lipinski definition) is 10. The summed E-state index contributed by atoms with van der Waals surface area (Å²) in [5.41, 5.74) is 22.0. The Morgan fingerprint density at radius 2 is 0.893 bits per heavy atom. The first-order chi connectivity index (χ1) is 71.9. The third-order valence-electron chi connectivity index (χ3n) is 20.4. The van der Waals surface area contributed by atoms with Crippen molar-refractivity contribution in [3.63, 3.8) is 0 Å². The highest BCUT2D eigenvalue weighted by atomic mass is 36.0. The summed E-state index contributed by atoms with van der Waals surface area (Å²) in [6.45, 7) is 45.2. The van der Waals surface area contributed by atoms with Crippen LogP contribution in [0.25, 0.3) is 77.0 Å². The number of aliphatic hydroxyl groups excluding tert-OH is 1. The van der Waals surface area contributed by atoms with E-state index in [-0.39, 0.29) is 59.4 Å². The predicted molar refractivity (Wildman–Crippen MR) is 584 cm³/mol. The van der Waals surface area contributed by atoms with E-state index in [0.29, 0.717) is 110 Å². The van der Waals surface area contributed by atoms with Crippen molar-refractivity contribution in [2.45, 2.75) is 207 Å². The van der Waals surface area contributed by atoms with Gasteiger partial charge in [0.15, 0.2) is 34.3 Å². The Balaban J connectivity index is 0.000000444. The minimum absolute atomic E-state index is 0. The van der Waals surface area contributed by atoms with E-state index in [1.807, 2.05) is 55.3 Å². The molecule has 15 aromatic rings. The number of aryl methyl sites for hydroxylation is 10. The van der Waals surface area contributed by atoms with Crippen molar-refractivity contribution >= 4 is 135 Å². The van der Waals surface area contributed by atoms with Crippen LogP contribution in [0.1, 0.15) is 201 Å². The second-order valence-electron chi connectivity index (χ2n) is 31.6. The largest absolute Gasteiger partial charge is 0.557 e. The number of aliphatic hydroxyl groups is 1. The molecule has 0 aliphatic heterocycles. The number of amides is 1. The maximum absolute atomic E-state index is 14.4. The minimum atomic E-state index is -3.22. The first-order valence-corrected chi connectivity index (χ1v) is 52.5. The molecule has 36 nitrogen and oxygen atoms in total. The number of nitrogens with two attached hydrogens (primary N) is 3. The Hall–Kier alpha value is -14.6. The number of fused-ring (bicyclic) bond motifs is 3. The van der Waals surface area contributed by atoms with Gasteiger partial charge in [-0.1, -0.05) is 152 Å². The lowest BCUT2D eigenvalue weighted by Crippen LogP contribution is -2.22. The fraction of sp³-hybridized carbons (Fsp3) is 0.330. The molecular weight excluding hydrogens is 2060 g/mol. The van der Waals surface area contributed by atoms with Gasteiger partial charge < -0.3 is 36.9 Å². The number of aromatic amines is 1. The van der Waals surface area contributed by atoms with E-state index in [0.717, 1.165) is 130 Å². The van der Waals surface area contributed by atoms with Gasteiger partial charge in [-0.15, -0.1) is 0 Å². The average molecular weight is 2190 g/mol. The Bertz CT molecular complexity index is 7090. The Morgan fingerprint density at radius 1 is 0.520 bits per heavy atom. The number of halogens is 10. The summed E-state index contributed by atoms with van der Waals surface area (Å²) in [6.07, 6.45) is 19.1. The third-order valence-corrected chi connectivity index (χ3v) is 20.9. The molecule has 10 heterocycles. The van der Waals surface area contributed by atoms with E-state index in [1.54, 1.807) is 152 Å². The minimum Gasteiger partial charge on any atom is -0.502 e. The monoisotopic (exact) mass is 2180 g/mol. The molecular formula is C103H125Cl5F5N28O8P. The van der Waals surface area contributed by atoms with Crippen LogP contribution in [0.4, 0.5) is 50.8 Å². The predicted octanol–water partition coefficient (Wildman–Crippen LogP) is 25.2. The molecule has 0 fully saturated rings. The number of rotatable bonds is 28. The number of nitrogens with one attached hydrogen (secondary N) is 4. The van der Waals surface area contributed by atoms with E-state index < -0.39 is 33.8 Å². The molecule has 13 N–H and O–H groups in total. The number of pyridine rings is 2. The number of carbonyl (C=O) groups is 2. The van der Waals surface area contributed by atoms with Crippen molar-refractivity contribution in [3.8, 4) is 46.3 Å². The fourth-order valence-corrected chi connectivity index (χ4v) is 13.6. The number of unbranched alkanes of at least 4 members (excludes halogenated alkanes) is 6. The summed E-state index contributed by atoms with van der Waals surface area (Å²) in [5.74, 6) is 4.75.